The largest absolute Gasteiger partial charge is 0.491 e. The maximum atomic E-state index is 12.6. The number of esters is 2. The Morgan fingerprint density at radius 1 is 0.448 bits per heavy atom. The van der Waals surface area contributed by atoms with Gasteiger partial charge in [0.2, 0.25) is 0 Å². The molecule has 3 saturated carbocycles. The van der Waals surface area contributed by atoms with Crippen molar-refractivity contribution in [2.45, 2.75) is 187 Å². The van der Waals surface area contributed by atoms with Crippen LogP contribution in [-0.2, 0) is 88.9 Å². The first kappa shape index (κ1) is 89.6. The minimum Gasteiger partial charge on any atom is -0.491 e. The van der Waals surface area contributed by atoms with Gasteiger partial charge in [-0.1, -0.05) is 120 Å². The van der Waals surface area contributed by atoms with Gasteiger partial charge in [-0.05, 0) is 190 Å². The van der Waals surface area contributed by atoms with Crippen LogP contribution < -0.4 is 48.0 Å². The number of rotatable bonds is 34. The van der Waals surface area contributed by atoms with Crippen molar-refractivity contribution in [3.05, 3.63) is 292 Å². The molecule has 0 spiro atoms. The quantitative estimate of drug-likeness (QED) is 0.0367. The lowest BCUT2D eigenvalue weighted by atomic mass is 9.87. The fourth-order valence-electron chi connectivity index (χ4n) is 14.0. The topological polar surface area (TPSA) is 273 Å². The van der Waals surface area contributed by atoms with Crippen LogP contribution in [0.4, 0.5) is 0 Å². The van der Waals surface area contributed by atoms with Gasteiger partial charge in [0.15, 0.2) is 0 Å². The van der Waals surface area contributed by atoms with E-state index >= 15 is 0 Å². The number of aromatic nitrogens is 6. The normalized spacial score (nSPS) is 13.9. The van der Waals surface area contributed by atoms with Crippen LogP contribution in [-0.4, -0.2) is 111 Å². The number of halogens is 3. The van der Waals surface area contributed by atoms with Gasteiger partial charge in [0.25, 0.3) is 16.7 Å². The van der Waals surface area contributed by atoms with Crippen LogP contribution in [0.5, 0.6) is 17.2 Å². The molecule has 3 fully saturated rings. The van der Waals surface area contributed by atoms with Crippen LogP contribution in [0.3, 0.4) is 0 Å². The lowest BCUT2D eigenvalue weighted by Crippen LogP contribution is -2.43. The van der Waals surface area contributed by atoms with Crippen LogP contribution in [0.25, 0.3) is 0 Å². The van der Waals surface area contributed by atoms with Gasteiger partial charge in [0, 0.05) is 123 Å². The van der Waals surface area contributed by atoms with Gasteiger partial charge < -0.3 is 42.5 Å². The van der Waals surface area contributed by atoms with Gasteiger partial charge in [-0.15, -0.1) is 0 Å². The monoisotopic (exact) mass is 1650 g/mol. The summed E-state index contributed by atoms with van der Waals surface area (Å²) in [5.41, 5.74) is 7.04. The van der Waals surface area contributed by atoms with Crippen molar-refractivity contribution in [2.75, 3.05) is 33.0 Å². The lowest BCUT2D eigenvalue weighted by molar-refractivity contribution is -0.145. The molecule has 3 heterocycles. The van der Waals surface area contributed by atoms with Crippen molar-refractivity contribution in [2.24, 2.45) is 21.1 Å². The van der Waals surface area contributed by atoms with E-state index in [-0.39, 0.29) is 116 Å². The summed E-state index contributed by atoms with van der Waals surface area (Å²) in [7, 11) is 4.81. The first-order chi connectivity index (χ1) is 55.7. The van der Waals surface area contributed by atoms with Crippen molar-refractivity contribution in [1.82, 2.24) is 37.2 Å². The molecule has 3 aromatic heterocycles. The molecule has 6 aromatic carbocycles. The summed E-state index contributed by atoms with van der Waals surface area (Å²) in [4.78, 5) is 124. The maximum Gasteiger partial charge on any atom is 0.330 e. The van der Waals surface area contributed by atoms with Crippen LogP contribution >= 0.6 is 34.8 Å². The van der Waals surface area contributed by atoms with Crippen molar-refractivity contribution in [1.29, 1.82) is 0 Å². The van der Waals surface area contributed by atoms with E-state index in [4.69, 9.17) is 58.5 Å². The molecule has 3 atom stereocenters. The highest BCUT2D eigenvalue weighted by Gasteiger charge is 2.35. The Labute approximate surface area is 690 Å². The van der Waals surface area contributed by atoms with E-state index in [1.165, 1.54) is 61.5 Å². The average molecular weight is 1650 g/mol. The molecule has 116 heavy (non-hydrogen) atoms. The highest BCUT2D eigenvalue weighted by molar-refractivity contribution is 6.31. The van der Waals surface area contributed by atoms with E-state index in [0.717, 1.165) is 123 Å². The number of nitrogens with zero attached hydrogens (tertiary/aromatic N) is 8. The van der Waals surface area contributed by atoms with Gasteiger partial charge in [0.1, 0.15) is 42.9 Å². The summed E-state index contributed by atoms with van der Waals surface area (Å²) in [5, 5.41) is 11.6. The summed E-state index contributed by atoms with van der Waals surface area (Å²) in [6, 6.07) is 45.1. The summed E-state index contributed by atoms with van der Waals surface area (Å²) in [5.74, 6) is 1.29. The van der Waals surface area contributed by atoms with Gasteiger partial charge in [-0.2, -0.15) is 0 Å². The first-order valence-corrected chi connectivity index (χ1v) is 40.6. The second-order valence-electron chi connectivity index (χ2n) is 29.4. The fraction of sp³-hybridized carbons (Fsp3) is 0.416. The summed E-state index contributed by atoms with van der Waals surface area (Å²) in [6.45, 7) is 12.6. The number of carboxylic acid groups (broad SMARTS) is 1. The maximum absolute atomic E-state index is 12.6. The van der Waals surface area contributed by atoms with Crippen molar-refractivity contribution in [3.63, 3.8) is 0 Å². The van der Waals surface area contributed by atoms with Gasteiger partial charge in [-0.3, -0.25) is 57.1 Å². The Morgan fingerprint density at radius 3 is 1.10 bits per heavy atom. The predicted molar refractivity (Wildman–Crippen MR) is 449 cm³/mol. The Morgan fingerprint density at radius 2 is 0.784 bits per heavy atom. The number of hydrogen-bond donors (Lipinski definition) is 1. The zero-order chi connectivity index (χ0) is 83.5. The van der Waals surface area contributed by atoms with E-state index in [0.29, 0.717) is 82.9 Å². The number of carbonyl (C=O) groups is 4. The average Bonchev–Trinajstić information content (AvgIpc) is 0.698. The molecule has 3 unspecified atom stereocenters. The molecule has 618 valence electrons. The Bertz CT molecular complexity index is 5180. The second kappa shape index (κ2) is 44.1. The van der Waals surface area contributed by atoms with Crippen molar-refractivity contribution < 1.29 is 48.0 Å². The van der Waals surface area contributed by atoms with Crippen LogP contribution in [0, 0.1) is 20.8 Å². The molecular weight excluding hydrogens is 1540 g/mol. The Balaban J connectivity index is 0.000000193. The fourth-order valence-corrected chi connectivity index (χ4v) is 14.4. The summed E-state index contributed by atoms with van der Waals surface area (Å²) >= 11 is 18.3. The number of hydrogen-bond acceptors (Lipinski definition) is 17. The number of benzene rings is 6. The lowest BCUT2D eigenvalue weighted by Gasteiger charge is -2.42. The third kappa shape index (κ3) is 26.1. The number of carboxylic acids is 1. The van der Waals surface area contributed by atoms with Crippen molar-refractivity contribution in [3.8, 4) is 17.2 Å². The molecule has 9 aromatic rings. The molecule has 0 bridgehead atoms. The molecule has 3 aliphatic carbocycles. The van der Waals surface area contributed by atoms with Crippen LogP contribution in [0.15, 0.2) is 193 Å². The first-order valence-electron chi connectivity index (χ1n) is 39.5. The SMILES string of the molecule is CCOC(=O)CC(CCc1ccc(OCCn2c(=O)ccn(C)c2=O)c(C)c1)c1ccc(Cl)cc1.CCOC(=O)CC(c1ccc(Cl)cc1)N(Cc1ccc(OCCn2c(=O)ccn(C)c2=O)c(C)c1)C1CCC1.Cc1cc(CN(C2CCC2)C(CC(=O)O)c2ccc(Cl)cc2)ccc1OCCn1c(=O)ccn(C)c1=O.O=C1CCC1. The van der Waals surface area contributed by atoms with Gasteiger partial charge in [0.05, 0.1) is 52.1 Å². The Hall–Kier alpha value is -10.4. The molecule has 27 heteroatoms. The third-order valence-electron chi connectivity index (χ3n) is 21.1. The summed E-state index contributed by atoms with van der Waals surface area (Å²) in [6.07, 6.45) is 15.9. The number of ether oxygens (including phenoxy) is 5. The second-order valence-corrected chi connectivity index (χ2v) is 30.7. The van der Waals surface area contributed by atoms with Crippen LogP contribution in [0.1, 0.15) is 165 Å². The van der Waals surface area contributed by atoms with Gasteiger partial charge >= 0.3 is 35.0 Å². The van der Waals surface area contributed by atoms with Gasteiger partial charge in [-0.25, -0.2) is 14.4 Å². The molecule has 0 aliphatic heterocycles. The number of carbonyl (C=O) groups excluding carboxylic acids is 3. The standard InChI is InChI=1S/C30H36ClN3O5.C28H32ClN3O5.C27H31ClN2O5.C4H6O/c1-4-38-29(36)19-26(23-9-11-24(31)12-10-23)34(25-6-5-7-25)20-22-8-13-27(21(2)18-22)39-17-16-33-28(35)14-15-32(3)30(33)37;1-19-16-20(6-11-25(19)37-15-14-31-26(33)12-13-30(2)28(31)36)18-32(23-4-3-5-23)24(17-27(34)35)21-7-9-22(29)10-8-21;1-4-34-26(32)18-22(21-8-10-23(28)11-9-21)7-5-20-6-12-24(19(2)17-20)35-16-15-30-25(31)13-14-29(3)27(30)33;5-4-2-1-3-4/h8-15,18,25-26H,4-7,16-17,19-20H2,1-3H3;6-13,16,23-24H,3-5,14-15,17-18H2,1-2H3,(H,34,35);6,8-14,17,22H,4-5,7,15-16,18H2,1-3H3;1-3H2. The zero-order valence-electron chi connectivity index (χ0n) is 67.2. The number of aryl methyl sites for hydroxylation is 7. The zero-order valence-corrected chi connectivity index (χ0v) is 69.5. The molecule has 0 radical (unpaired) electrons. The summed E-state index contributed by atoms with van der Waals surface area (Å²) < 4.78 is 35.8. The molecule has 0 saturated heterocycles. The van der Waals surface area contributed by atoms with Crippen molar-refractivity contribution >= 4 is 58.5 Å². The minimum absolute atomic E-state index is 0.0105. The van der Waals surface area contributed by atoms with E-state index in [2.05, 4.69) is 28.0 Å². The molecule has 1 N–H and O–H groups in total. The highest BCUT2D eigenvalue weighted by Crippen LogP contribution is 2.39. The van der Waals surface area contributed by atoms with Crippen LogP contribution in [0.2, 0.25) is 15.1 Å². The Kier molecular flexibility index (Phi) is 34.0. The minimum atomic E-state index is -0.837. The van der Waals surface area contributed by atoms with E-state index in [1.54, 1.807) is 40.2 Å². The predicted octanol–water partition coefficient (Wildman–Crippen LogP) is 13.8. The van der Waals surface area contributed by atoms with E-state index < -0.39 is 5.97 Å². The molecule has 3 aliphatic rings. The number of ketones is 1. The number of aliphatic carboxylic acids is 1. The molecule has 0 amide bonds. The van der Waals surface area contributed by atoms with E-state index in [9.17, 15) is 53.1 Å². The molecular formula is C89H105Cl3N8O16. The smallest absolute Gasteiger partial charge is 0.330 e. The van der Waals surface area contributed by atoms with E-state index in [1.807, 2.05) is 125 Å². The molecule has 12 rings (SSSR count). The highest BCUT2D eigenvalue weighted by atomic mass is 35.5. The molecule has 24 nitrogen and oxygen atoms in total. The number of Topliss-reactive ketones (excluding diaryl/α,β-unsaturated/α-hetero) is 1. The third-order valence-corrected chi connectivity index (χ3v) is 21.8.